The first-order valence-corrected chi connectivity index (χ1v) is 2.76. The molecule has 0 aromatic carbocycles. The summed E-state index contributed by atoms with van der Waals surface area (Å²) >= 11 is 0. The topological polar surface area (TPSA) is 150 Å². The van der Waals surface area contributed by atoms with E-state index in [1.807, 2.05) is 0 Å². The number of rotatable bonds is 2. The number of nitrogens with one attached hydrogen (secondary N) is 1. The minimum absolute atomic E-state index is 0.167. The average molecular weight is 171 g/mol. The zero-order valence-corrected chi connectivity index (χ0v) is 5.76. The van der Waals surface area contributed by atoms with E-state index >= 15 is 0 Å². The van der Waals surface area contributed by atoms with Gasteiger partial charge in [-0.05, 0) is 10.4 Å². The third kappa shape index (κ3) is 1.28. The molecule has 0 bridgehead atoms. The Balaban J connectivity index is 3.15. The van der Waals surface area contributed by atoms with E-state index in [1.54, 1.807) is 0 Å². The summed E-state index contributed by atoms with van der Waals surface area (Å²) in [6, 6.07) is 0. The van der Waals surface area contributed by atoms with Gasteiger partial charge in [0.15, 0.2) is 5.82 Å². The molecule has 0 aliphatic rings. The fraction of sp³-hybridized carbons (Fsp3) is 0. The molecule has 0 fully saturated rings. The molecule has 0 saturated carbocycles. The molecule has 0 atom stereocenters. The molecule has 0 radical (unpaired) electrons. The zero-order chi connectivity index (χ0) is 9.14. The summed E-state index contributed by atoms with van der Waals surface area (Å²) in [5, 5.41) is 22.0. The smallest absolute Gasteiger partial charge is 0.354 e. The molecule has 0 aliphatic heterocycles. The van der Waals surface area contributed by atoms with Crippen molar-refractivity contribution in [1.82, 2.24) is 20.6 Å². The molecule has 1 aromatic rings. The van der Waals surface area contributed by atoms with Crippen LogP contribution in [0.5, 0.6) is 0 Å². The lowest BCUT2D eigenvalue weighted by Crippen LogP contribution is -2.16. The number of hydrogen-bond acceptors (Lipinski definition) is 7. The summed E-state index contributed by atoms with van der Waals surface area (Å²) in [5.74, 6) is -0.612. The van der Waals surface area contributed by atoms with E-state index in [1.165, 1.54) is 0 Å². The standard InChI is InChI=1S/C3H5N7O2/c4-2(5)1(10(11)12)3-6-8-9-7-3/h4-5H2,(H,6,7,8,9). The van der Waals surface area contributed by atoms with Gasteiger partial charge in [-0.25, -0.2) is 5.10 Å². The Morgan fingerprint density at radius 3 is 2.58 bits per heavy atom. The maximum absolute atomic E-state index is 10.3. The number of nitro groups is 1. The Hall–Kier alpha value is -2.19. The quantitative estimate of drug-likeness (QED) is 0.344. The predicted molar refractivity (Wildman–Crippen MR) is 36.5 cm³/mol. The lowest BCUT2D eigenvalue weighted by molar-refractivity contribution is -0.377. The monoisotopic (exact) mass is 171 g/mol. The summed E-state index contributed by atoms with van der Waals surface area (Å²) in [5.41, 5.74) is 9.53. The number of H-pyrrole nitrogens is 1. The van der Waals surface area contributed by atoms with Crippen molar-refractivity contribution >= 4 is 5.70 Å². The van der Waals surface area contributed by atoms with Gasteiger partial charge in [0, 0.05) is 0 Å². The maximum Gasteiger partial charge on any atom is 0.354 e. The van der Waals surface area contributed by atoms with Crippen molar-refractivity contribution in [2.75, 3.05) is 0 Å². The van der Waals surface area contributed by atoms with Crippen LogP contribution in [0.3, 0.4) is 0 Å². The molecule has 0 saturated heterocycles. The number of nitrogens with zero attached hydrogens (tertiary/aromatic N) is 4. The van der Waals surface area contributed by atoms with Crippen LogP contribution in [0, 0.1) is 10.1 Å². The van der Waals surface area contributed by atoms with Gasteiger partial charge in [-0.15, -0.1) is 5.10 Å². The van der Waals surface area contributed by atoms with Gasteiger partial charge in [-0.3, -0.25) is 10.1 Å². The number of aromatic nitrogens is 4. The summed E-state index contributed by atoms with van der Waals surface area (Å²) < 4.78 is 0. The second-order valence-corrected chi connectivity index (χ2v) is 1.81. The third-order valence-electron chi connectivity index (χ3n) is 1.03. The van der Waals surface area contributed by atoms with Gasteiger partial charge in [-0.2, -0.15) is 0 Å². The van der Waals surface area contributed by atoms with Gasteiger partial charge in [0.1, 0.15) is 0 Å². The van der Waals surface area contributed by atoms with E-state index < -0.39 is 16.4 Å². The highest BCUT2D eigenvalue weighted by Crippen LogP contribution is 2.07. The normalized spacial score (nSPS) is 9.33. The molecule has 9 nitrogen and oxygen atoms in total. The summed E-state index contributed by atoms with van der Waals surface area (Å²) in [4.78, 5) is 9.55. The predicted octanol–water partition coefficient (Wildman–Crippen LogP) is -1.98. The number of nitrogens with two attached hydrogens (primary N) is 2. The van der Waals surface area contributed by atoms with Crippen LogP contribution in [0.1, 0.15) is 5.82 Å². The highest BCUT2D eigenvalue weighted by Gasteiger charge is 2.21. The van der Waals surface area contributed by atoms with Crippen LogP contribution in [0.2, 0.25) is 0 Å². The molecule has 1 aromatic heterocycles. The van der Waals surface area contributed by atoms with Gasteiger partial charge in [0.25, 0.3) is 5.82 Å². The van der Waals surface area contributed by atoms with Gasteiger partial charge in [0.05, 0.1) is 4.92 Å². The highest BCUT2D eigenvalue weighted by molar-refractivity contribution is 5.52. The van der Waals surface area contributed by atoms with E-state index in [4.69, 9.17) is 11.5 Å². The van der Waals surface area contributed by atoms with E-state index in [0.29, 0.717) is 0 Å². The average Bonchev–Trinajstić information content (AvgIpc) is 2.37. The fourth-order valence-corrected chi connectivity index (χ4v) is 0.588. The van der Waals surface area contributed by atoms with Gasteiger partial charge >= 0.3 is 5.70 Å². The number of hydrogen-bond donors (Lipinski definition) is 3. The molecule has 5 N–H and O–H groups in total. The van der Waals surface area contributed by atoms with E-state index in [9.17, 15) is 10.1 Å². The fourth-order valence-electron chi connectivity index (χ4n) is 0.588. The van der Waals surface area contributed by atoms with Crippen molar-refractivity contribution in [2.24, 2.45) is 11.5 Å². The maximum atomic E-state index is 10.3. The summed E-state index contributed by atoms with van der Waals surface area (Å²) in [7, 11) is 0. The Kier molecular flexibility index (Phi) is 1.86. The largest absolute Gasteiger partial charge is 0.380 e. The zero-order valence-electron chi connectivity index (χ0n) is 5.76. The van der Waals surface area contributed by atoms with Gasteiger partial charge < -0.3 is 11.5 Å². The molecule has 12 heavy (non-hydrogen) atoms. The minimum Gasteiger partial charge on any atom is -0.380 e. The van der Waals surface area contributed by atoms with Crippen LogP contribution < -0.4 is 11.5 Å². The van der Waals surface area contributed by atoms with Gasteiger partial charge in [0.2, 0.25) is 0 Å². The minimum atomic E-state index is -0.766. The van der Waals surface area contributed by atoms with Crippen molar-refractivity contribution in [3.8, 4) is 0 Å². The first kappa shape index (κ1) is 7.91. The Morgan fingerprint density at radius 2 is 2.25 bits per heavy atom. The molecular formula is C3H5N7O2. The van der Waals surface area contributed by atoms with Crippen LogP contribution >= 0.6 is 0 Å². The highest BCUT2D eigenvalue weighted by atomic mass is 16.6. The van der Waals surface area contributed by atoms with E-state index in [-0.39, 0.29) is 5.82 Å². The van der Waals surface area contributed by atoms with Crippen LogP contribution in [0.15, 0.2) is 5.82 Å². The van der Waals surface area contributed by atoms with E-state index in [2.05, 4.69) is 20.6 Å². The Morgan fingerprint density at radius 1 is 1.58 bits per heavy atom. The molecule has 1 heterocycles. The Labute approximate surface area is 65.6 Å². The van der Waals surface area contributed by atoms with Gasteiger partial charge in [-0.1, -0.05) is 0 Å². The van der Waals surface area contributed by atoms with Crippen LogP contribution in [0.25, 0.3) is 5.70 Å². The van der Waals surface area contributed by atoms with Crippen LogP contribution in [-0.4, -0.2) is 25.5 Å². The summed E-state index contributed by atoms with van der Waals surface area (Å²) in [6.45, 7) is 0. The van der Waals surface area contributed by atoms with Crippen LogP contribution in [0.4, 0.5) is 0 Å². The SMILES string of the molecule is NC(N)=C(c1nnn[nH]1)[N+](=O)[O-]. The molecule has 1 rings (SSSR count). The molecule has 64 valence electrons. The molecule has 9 heteroatoms. The molecule has 0 unspecified atom stereocenters. The molecule has 0 aliphatic carbocycles. The van der Waals surface area contributed by atoms with Crippen molar-refractivity contribution in [2.45, 2.75) is 0 Å². The molecular weight excluding hydrogens is 166 g/mol. The van der Waals surface area contributed by atoms with Crippen molar-refractivity contribution in [1.29, 1.82) is 0 Å². The lowest BCUT2D eigenvalue weighted by atomic mass is 10.4. The molecule has 0 spiro atoms. The second-order valence-electron chi connectivity index (χ2n) is 1.81. The second kappa shape index (κ2) is 2.82. The number of tetrazole rings is 1. The molecule has 0 amide bonds. The lowest BCUT2D eigenvalue weighted by Gasteiger charge is -1.93. The first-order valence-electron chi connectivity index (χ1n) is 2.76. The number of aromatic amines is 1. The van der Waals surface area contributed by atoms with Crippen molar-refractivity contribution < 1.29 is 4.92 Å². The first-order chi connectivity index (χ1) is 5.63. The summed E-state index contributed by atoms with van der Waals surface area (Å²) in [6.07, 6.45) is 0. The third-order valence-corrected chi connectivity index (χ3v) is 1.03. The van der Waals surface area contributed by atoms with E-state index in [0.717, 1.165) is 0 Å². The van der Waals surface area contributed by atoms with Crippen molar-refractivity contribution in [3.05, 3.63) is 21.8 Å². The van der Waals surface area contributed by atoms with Crippen LogP contribution in [-0.2, 0) is 0 Å². The Bertz CT molecular complexity index is 309. The van der Waals surface area contributed by atoms with Crippen molar-refractivity contribution in [3.63, 3.8) is 0 Å².